The van der Waals surface area contributed by atoms with Crippen LogP contribution in [0.2, 0.25) is 0 Å². The van der Waals surface area contributed by atoms with Gasteiger partial charge in [0.2, 0.25) is 5.89 Å². The van der Waals surface area contributed by atoms with Crippen molar-refractivity contribution in [2.45, 2.75) is 6.92 Å². The van der Waals surface area contributed by atoms with Gasteiger partial charge in [0.05, 0.1) is 0 Å². The van der Waals surface area contributed by atoms with Gasteiger partial charge < -0.3 is 14.5 Å². The number of amides is 1. The summed E-state index contributed by atoms with van der Waals surface area (Å²) < 4.78 is 11.2. The number of carbonyl (C=O) groups excluding carboxylic acids is 1. The van der Waals surface area contributed by atoms with Crippen LogP contribution in [0.25, 0.3) is 22.7 Å². The molecular formula is C21H17N3O3. The molecule has 0 saturated carbocycles. The van der Waals surface area contributed by atoms with Gasteiger partial charge >= 0.3 is 0 Å². The summed E-state index contributed by atoms with van der Waals surface area (Å²) in [5.74, 6) is 0.937. The lowest BCUT2D eigenvalue weighted by Crippen LogP contribution is -2.20. The molecule has 134 valence electrons. The van der Waals surface area contributed by atoms with Crippen molar-refractivity contribution >= 4 is 22.8 Å². The highest BCUT2D eigenvalue weighted by Crippen LogP contribution is 2.27. The first-order valence-corrected chi connectivity index (χ1v) is 8.49. The predicted molar refractivity (Wildman–Crippen MR) is 103 cm³/mol. The smallest absolute Gasteiger partial charge is 0.262 e. The Morgan fingerprint density at radius 1 is 1.11 bits per heavy atom. The van der Waals surface area contributed by atoms with Crippen molar-refractivity contribution in [1.82, 2.24) is 9.97 Å². The van der Waals surface area contributed by atoms with Crippen LogP contribution in [0.1, 0.15) is 5.56 Å². The Hall–Kier alpha value is -3.67. The molecule has 0 bridgehead atoms. The summed E-state index contributed by atoms with van der Waals surface area (Å²) in [6.07, 6.45) is 1.68. The lowest BCUT2D eigenvalue weighted by atomic mass is 10.1. The number of anilines is 1. The van der Waals surface area contributed by atoms with Gasteiger partial charge in [-0.15, -0.1) is 0 Å². The minimum atomic E-state index is -0.225. The highest BCUT2D eigenvalue weighted by molar-refractivity contribution is 5.92. The van der Waals surface area contributed by atoms with Gasteiger partial charge in [-0.1, -0.05) is 18.2 Å². The van der Waals surface area contributed by atoms with Crippen LogP contribution in [0.5, 0.6) is 5.75 Å². The summed E-state index contributed by atoms with van der Waals surface area (Å²) in [5, 5.41) is 2.83. The third kappa shape index (κ3) is 3.79. The molecule has 0 unspecified atom stereocenters. The number of nitrogens with zero attached hydrogens (tertiary/aromatic N) is 2. The number of aromatic nitrogens is 2. The Labute approximate surface area is 155 Å². The van der Waals surface area contributed by atoms with Crippen LogP contribution >= 0.6 is 0 Å². The zero-order valence-corrected chi connectivity index (χ0v) is 14.7. The average Bonchev–Trinajstić information content (AvgIpc) is 3.11. The number of benzene rings is 2. The molecule has 6 heteroatoms. The molecule has 0 spiro atoms. The Morgan fingerprint density at radius 3 is 2.74 bits per heavy atom. The predicted octanol–water partition coefficient (Wildman–Crippen LogP) is 4.22. The number of hydrogen-bond acceptors (Lipinski definition) is 5. The molecule has 0 aliphatic carbocycles. The molecule has 0 fully saturated rings. The number of nitrogens with one attached hydrogen (secondary N) is 1. The van der Waals surface area contributed by atoms with Gasteiger partial charge in [-0.2, -0.15) is 4.98 Å². The molecule has 0 aliphatic rings. The van der Waals surface area contributed by atoms with Crippen LogP contribution < -0.4 is 10.1 Å². The van der Waals surface area contributed by atoms with Gasteiger partial charge in [0, 0.05) is 17.4 Å². The second-order valence-corrected chi connectivity index (χ2v) is 6.02. The lowest BCUT2D eigenvalue weighted by molar-refractivity contribution is -0.118. The van der Waals surface area contributed by atoms with Gasteiger partial charge in [-0.05, 0) is 55.0 Å². The van der Waals surface area contributed by atoms with E-state index in [1.54, 1.807) is 24.4 Å². The first-order chi connectivity index (χ1) is 13.2. The molecule has 27 heavy (non-hydrogen) atoms. The Kier molecular flexibility index (Phi) is 4.53. The van der Waals surface area contributed by atoms with E-state index < -0.39 is 0 Å². The average molecular weight is 359 g/mol. The largest absolute Gasteiger partial charge is 0.484 e. The van der Waals surface area contributed by atoms with Crippen molar-refractivity contribution in [1.29, 1.82) is 0 Å². The number of rotatable bonds is 5. The van der Waals surface area contributed by atoms with Crippen molar-refractivity contribution in [2.24, 2.45) is 0 Å². The van der Waals surface area contributed by atoms with E-state index >= 15 is 0 Å². The highest BCUT2D eigenvalue weighted by Gasteiger charge is 2.12. The Bertz CT molecular complexity index is 1060. The van der Waals surface area contributed by atoms with Crippen LogP contribution in [-0.2, 0) is 4.79 Å². The quantitative estimate of drug-likeness (QED) is 0.577. The van der Waals surface area contributed by atoms with E-state index in [-0.39, 0.29) is 12.5 Å². The zero-order valence-electron chi connectivity index (χ0n) is 14.7. The molecule has 4 aromatic rings. The summed E-state index contributed by atoms with van der Waals surface area (Å²) >= 11 is 0. The monoisotopic (exact) mass is 359 g/mol. The fraction of sp³-hybridized carbons (Fsp3) is 0.0952. The maximum Gasteiger partial charge on any atom is 0.262 e. The molecule has 2 aromatic heterocycles. The van der Waals surface area contributed by atoms with Gasteiger partial charge in [-0.3, -0.25) is 4.79 Å². The summed E-state index contributed by atoms with van der Waals surface area (Å²) in [6, 6.07) is 18.4. The molecule has 0 atom stereocenters. The fourth-order valence-electron chi connectivity index (χ4n) is 2.73. The summed E-state index contributed by atoms with van der Waals surface area (Å²) in [4.78, 5) is 20.7. The number of aryl methyl sites for hydroxylation is 1. The van der Waals surface area contributed by atoms with Gasteiger partial charge in [0.15, 0.2) is 17.8 Å². The van der Waals surface area contributed by atoms with E-state index in [4.69, 9.17) is 9.15 Å². The standard InChI is InChI=1S/C21H17N3O3/c1-14-12-15(23-19(25)13-26-16-6-3-2-4-7-16)9-10-17(14)21-24-20-18(27-21)8-5-11-22-20/h2-12H,13H2,1H3,(H,23,25). The minimum Gasteiger partial charge on any atom is -0.484 e. The van der Waals surface area contributed by atoms with Gasteiger partial charge in [0.25, 0.3) is 5.91 Å². The van der Waals surface area contributed by atoms with Crippen LogP contribution in [0.3, 0.4) is 0 Å². The topological polar surface area (TPSA) is 77.2 Å². The molecule has 6 nitrogen and oxygen atoms in total. The fourth-order valence-corrected chi connectivity index (χ4v) is 2.73. The van der Waals surface area contributed by atoms with Crippen LogP contribution in [0, 0.1) is 6.92 Å². The minimum absolute atomic E-state index is 0.0540. The molecule has 0 saturated heterocycles. The summed E-state index contributed by atoms with van der Waals surface area (Å²) in [7, 11) is 0. The van der Waals surface area contributed by atoms with E-state index in [1.807, 2.05) is 49.4 Å². The number of pyridine rings is 1. The molecule has 0 aliphatic heterocycles. The molecule has 1 N–H and O–H groups in total. The molecular weight excluding hydrogens is 342 g/mol. The van der Waals surface area contributed by atoms with E-state index in [2.05, 4.69) is 15.3 Å². The SMILES string of the molecule is Cc1cc(NC(=O)COc2ccccc2)ccc1-c1nc2ncccc2o1. The molecule has 4 rings (SSSR count). The number of para-hydroxylation sites is 1. The van der Waals surface area contributed by atoms with E-state index in [9.17, 15) is 4.79 Å². The van der Waals surface area contributed by atoms with Crippen molar-refractivity contribution < 1.29 is 13.9 Å². The second kappa shape index (κ2) is 7.29. The van der Waals surface area contributed by atoms with E-state index in [0.717, 1.165) is 11.1 Å². The van der Waals surface area contributed by atoms with Crippen LogP contribution in [0.15, 0.2) is 71.3 Å². The maximum absolute atomic E-state index is 12.1. The summed E-state index contributed by atoms with van der Waals surface area (Å²) in [5.41, 5.74) is 3.69. The third-order valence-corrected chi connectivity index (χ3v) is 4.02. The molecule has 1 amide bonds. The normalized spacial score (nSPS) is 10.7. The van der Waals surface area contributed by atoms with E-state index in [0.29, 0.717) is 28.6 Å². The first kappa shape index (κ1) is 16.8. The van der Waals surface area contributed by atoms with Crippen molar-refractivity contribution in [3.63, 3.8) is 0 Å². The first-order valence-electron chi connectivity index (χ1n) is 8.49. The lowest BCUT2D eigenvalue weighted by Gasteiger charge is -2.09. The summed E-state index contributed by atoms with van der Waals surface area (Å²) in [6.45, 7) is 1.88. The van der Waals surface area contributed by atoms with Crippen molar-refractivity contribution in [2.75, 3.05) is 11.9 Å². The number of hydrogen-bond donors (Lipinski definition) is 1. The molecule has 2 heterocycles. The number of fused-ring (bicyclic) bond motifs is 1. The maximum atomic E-state index is 12.1. The third-order valence-electron chi connectivity index (χ3n) is 4.02. The van der Waals surface area contributed by atoms with Crippen molar-refractivity contribution in [3.8, 4) is 17.2 Å². The van der Waals surface area contributed by atoms with Gasteiger partial charge in [0.1, 0.15) is 5.75 Å². The van der Waals surface area contributed by atoms with Gasteiger partial charge in [-0.25, -0.2) is 4.98 Å². The number of ether oxygens (including phenoxy) is 1. The Morgan fingerprint density at radius 2 is 1.96 bits per heavy atom. The number of oxazole rings is 1. The van der Waals surface area contributed by atoms with Crippen molar-refractivity contribution in [3.05, 3.63) is 72.4 Å². The van der Waals surface area contributed by atoms with Crippen LogP contribution in [-0.4, -0.2) is 22.5 Å². The highest BCUT2D eigenvalue weighted by atomic mass is 16.5. The molecule has 0 radical (unpaired) electrons. The Balaban J connectivity index is 1.45. The molecule has 2 aromatic carbocycles. The number of carbonyl (C=O) groups is 1. The van der Waals surface area contributed by atoms with Crippen LogP contribution in [0.4, 0.5) is 5.69 Å². The van der Waals surface area contributed by atoms with E-state index in [1.165, 1.54) is 0 Å². The zero-order chi connectivity index (χ0) is 18.6. The second-order valence-electron chi connectivity index (χ2n) is 6.02.